The van der Waals surface area contributed by atoms with Gasteiger partial charge >= 0.3 is 11.7 Å². The number of amides is 1. The van der Waals surface area contributed by atoms with Crippen molar-refractivity contribution < 1.29 is 35.9 Å². The fourth-order valence-corrected chi connectivity index (χ4v) is 2.80. The number of hydrogen-bond donors (Lipinski definition) is 1. The number of alkyl halides is 2. The van der Waals surface area contributed by atoms with Gasteiger partial charge in [-0.3, -0.25) is 4.79 Å². The van der Waals surface area contributed by atoms with Gasteiger partial charge < -0.3 is 10.1 Å². The van der Waals surface area contributed by atoms with Crippen LogP contribution in [-0.2, 0) is 19.4 Å². The van der Waals surface area contributed by atoms with Crippen LogP contribution >= 0.6 is 0 Å². The summed E-state index contributed by atoms with van der Waals surface area (Å²) < 4.78 is 66.2. The molecule has 0 bridgehead atoms. The highest BCUT2D eigenvalue weighted by Gasteiger charge is 2.27. The van der Waals surface area contributed by atoms with E-state index >= 15 is 0 Å². The van der Waals surface area contributed by atoms with Crippen LogP contribution in [0.3, 0.4) is 0 Å². The van der Waals surface area contributed by atoms with Crippen molar-refractivity contribution in [2.75, 3.05) is 5.32 Å². The molecule has 0 radical (unpaired) electrons. The Morgan fingerprint density at radius 3 is 2.21 bits per heavy atom. The average Bonchev–Trinajstić information content (AvgIpc) is 2.64. The van der Waals surface area contributed by atoms with Crippen molar-refractivity contribution in [3.63, 3.8) is 0 Å². The smallest absolute Gasteiger partial charge is 0.341 e. The Labute approximate surface area is 159 Å². The van der Waals surface area contributed by atoms with Gasteiger partial charge in [-0.1, -0.05) is 6.07 Å². The van der Waals surface area contributed by atoms with Gasteiger partial charge in [0.05, 0.1) is 10.5 Å². The standard InChI is InChI=1S/C18H16F3NO5S/c1-10-3-6-13(9-15(10)19)22-16(23)11(2)27-17(24)12-4-7-14(8-5-12)28(25,26)18(20)21/h3-9,11,18H,1-2H3,(H,22,23)/t11-/m0/s1. The number of carbonyl (C=O) groups is 2. The van der Waals surface area contributed by atoms with E-state index in [0.717, 1.165) is 30.3 Å². The molecule has 28 heavy (non-hydrogen) atoms. The first-order valence-corrected chi connectivity index (χ1v) is 9.47. The predicted molar refractivity (Wildman–Crippen MR) is 94.3 cm³/mol. The molecule has 2 rings (SSSR count). The molecule has 0 aromatic heterocycles. The Morgan fingerprint density at radius 1 is 1.07 bits per heavy atom. The zero-order valence-electron chi connectivity index (χ0n) is 14.8. The number of aryl methyl sites for hydroxylation is 1. The fraction of sp³-hybridized carbons (Fsp3) is 0.222. The van der Waals surface area contributed by atoms with Crippen molar-refractivity contribution in [3.8, 4) is 0 Å². The van der Waals surface area contributed by atoms with Crippen molar-refractivity contribution in [3.05, 3.63) is 59.4 Å². The third-order valence-corrected chi connectivity index (χ3v) is 5.14. The van der Waals surface area contributed by atoms with E-state index in [-0.39, 0.29) is 11.3 Å². The monoisotopic (exact) mass is 415 g/mol. The van der Waals surface area contributed by atoms with Crippen LogP contribution < -0.4 is 5.32 Å². The Balaban J connectivity index is 2.03. The van der Waals surface area contributed by atoms with Crippen LogP contribution in [0.4, 0.5) is 18.9 Å². The van der Waals surface area contributed by atoms with Crippen LogP contribution in [0, 0.1) is 12.7 Å². The SMILES string of the molecule is Cc1ccc(NC(=O)[C@H](C)OC(=O)c2ccc(S(=O)(=O)C(F)F)cc2)cc1F. The number of rotatable bonds is 6. The number of nitrogens with one attached hydrogen (secondary N) is 1. The molecule has 2 aromatic carbocycles. The lowest BCUT2D eigenvalue weighted by molar-refractivity contribution is -0.123. The predicted octanol–water partition coefficient (Wildman–Crippen LogP) is 3.31. The van der Waals surface area contributed by atoms with Gasteiger partial charge in [0.25, 0.3) is 5.91 Å². The van der Waals surface area contributed by atoms with Gasteiger partial charge in [-0.15, -0.1) is 0 Å². The average molecular weight is 415 g/mol. The van der Waals surface area contributed by atoms with Gasteiger partial charge in [0.1, 0.15) is 5.82 Å². The number of sulfone groups is 1. The first kappa shape index (κ1) is 21.4. The highest BCUT2D eigenvalue weighted by atomic mass is 32.2. The van der Waals surface area contributed by atoms with E-state index in [1.54, 1.807) is 6.92 Å². The van der Waals surface area contributed by atoms with Gasteiger partial charge in [-0.25, -0.2) is 17.6 Å². The molecule has 150 valence electrons. The Morgan fingerprint density at radius 2 is 1.68 bits per heavy atom. The Bertz CT molecular complexity index is 991. The molecule has 0 unspecified atom stereocenters. The summed E-state index contributed by atoms with van der Waals surface area (Å²) in [5.41, 5.74) is 0.446. The second-order valence-corrected chi connectivity index (χ2v) is 7.75. The van der Waals surface area contributed by atoms with Crippen LogP contribution in [0.1, 0.15) is 22.8 Å². The first-order chi connectivity index (χ1) is 13.0. The maximum atomic E-state index is 13.5. The second-order valence-electron chi connectivity index (χ2n) is 5.83. The molecule has 0 heterocycles. The van der Waals surface area contributed by atoms with Gasteiger partial charge in [0.15, 0.2) is 6.10 Å². The van der Waals surface area contributed by atoms with Gasteiger partial charge in [0, 0.05) is 5.69 Å². The fourth-order valence-electron chi connectivity index (χ4n) is 2.08. The highest BCUT2D eigenvalue weighted by molar-refractivity contribution is 7.91. The number of hydrogen-bond acceptors (Lipinski definition) is 5. The normalized spacial score (nSPS) is 12.5. The number of anilines is 1. The molecule has 0 saturated carbocycles. The number of ether oxygens (including phenoxy) is 1. The highest BCUT2D eigenvalue weighted by Crippen LogP contribution is 2.19. The number of esters is 1. The minimum absolute atomic E-state index is 0.130. The largest absolute Gasteiger partial charge is 0.449 e. The molecule has 1 amide bonds. The summed E-state index contributed by atoms with van der Waals surface area (Å²) in [5, 5.41) is 2.39. The Kier molecular flexibility index (Phi) is 6.45. The molecule has 6 nitrogen and oxygen atoms in total. The maximum Gasteiger partial charge on any atom is 0.341 e. The molecule has 0 spiro atoms. The van der Waals surface area contributed by atoms with Crippen LogP contribution in [0.5, 0.6) is 0 Å². The second kappa shape index (κ2) is 8.42. The molecule has 0 aliphatic rings. The summed E-state index contributed by atoms with van der Waals surface area (Å²) in [6.07, 6.45) is -1.25. The summed E-state index contributed by atoms with van der Waals surface area (Å²) in [6, 6.07) is 7.75. The van der Waals surface area contributed by atoms with Gasteiger partial charge in [-0.2, -0.15) is 8.78 Å². The van der Waals surface area contributed by atoms with Crippen LogP contribution in [-0.4, -0.2) is 32.2 Å². The van der Waals surface area contributed by atoms with E-state index in [4.69, 9.17) is 4.74 Å². The summed E-state index contributed by atoms with van der Waals surface area (Å²) in [4.78, 5) is 23.5. The quantitative estimate of drug-likeness (QED) is 0.731. The van der Waals surface area contributed by atoms with E-state index < -0.39 is 44.3 Å². The third-order valence-electron chi connectivity index (χ3n) is 3.75. The van der Waals surface area contributed by atoms with Crippen molar-refractivity contribution >= 4 is 27.4 Å². The summed E-state index contributed by atoms with van der Waals surface area (Å²) in [7, 11) is -4.78. The van der Waals surface area contributed by atoms with Crippen LogP contribution in [0.25, 0.3) is 0 Å². The van der Waals surface area contributed by atoms with E-state index in [2.05, 4.69) is 5.32 Å². The maximum absolute atomic E-state index is 13.5. The molecule has 0 fully saturated rings. The van der Waals surface area contributed by atoms with Crippen LogP contribution in [0.2, 0.25) is 0 Å². The van der Waals surface area contributed by atoms with Crippen molar-refractivity contribution in [1.29, 1.82) is 0 Å². The number of benzene rings is 2. The summed E-state index contributed by atoms with van der Waals surface area (Å²) >= 11 is 0. The topological polar surface area (TPSA) is 89.5 Å². The third kappa shape index (κ3) is 4.89. The molecular weight excluding hydrogens is 399 g/mol. The first-order valence-electron chi connectivity index (χ1n) is 7.92. The summed E-state index contributed by atoms with van der Waals surface area (Å²) in [5.74, 6) is -5.77. The van der Waals surface area contributed by atoms with E-state index in [1.165, 1.54) is 19.1 Å². The molecule has 10 heteroatoms. The molecule has 2 aromatic rings. The van der Waals surface area contributed by atoms with E-state index in [9.17, 15) is 31.2 Å². The van der Waals surface area contributed by atoms with Crippen molar-refractivity contribution in [2.45, 2.75) is 30.6 Å². The molecular formula is C18H16F3NO5S. The number of carbonyl (C=O) groups excluding carboxylic acids is 2. The van der Waals surface area contributed by atoms with Gasteiger partial charge in [-0.05, 0) is 55.8 Å². The molecule has 1 atom stereocenters. The van der Waals surface area contributed by atoms with Crippen LogP contribution in [0.15, 0.2) is 47.4 Å². The molecule has 1 N–H and O–H groups in total. The lowest BCUT2D eigenvalue weighted by atomic mass is 10.2. The van der Waals surface area contributed by atoms with E-state index in [1.807, 2.05) is 0 Å². The minimum Gasteiger partial charge on any atom is -0.449 e. The number of halogens is 3. The zero-order chi connectivity index (χ0) is 21.1. The molecule has 0 aliphatic heterocycles. The zero-order valence-corrected chi connectivity index (χ0v) is 15.6. The lowest BCUT2D eigenvalue weighted by Gasteiger charge is -2.14. The minimum atomic E-state index is -4.78. The van der Waals surface area contributed by atoms with E-state index in [0.29, 0.717) is 5.56 Å². The molecule has 0 aliphatic carbocycles. The molecule has 0 saturated heterocycles. The lowest BCUT2D eigenvalue weighted by Crippen LogP contribution is -2.30. The Hall–Kier alpha value is -2.88. The van der Waals surface area contributed by atoms with Crippen molar-refractivity contribution in [2.24, 2.45) is 0 Å². The van der Waals surface area contributed by atoms with Gasteiger partial charge in [0.2, 0.25) is 9.84 Å². The van der Waals surface area contributed by atoms with Crippen molar-refractivity contribution in [1.82, 2.24) is 0 Å². The summed E-state index contributed by atoms with van der Waals surface area (Å²) in [6.45, 7) is 2.84.